The van der Waals surface area contributed by atoms with Crippen molar-refractivity contribution in [2.45, 2.75) is 50.7 Å². The molecular formula is C22H27FN4O. The summed E-state index contributed by atoms with van der Waals surface area (Å²) in [6, 6.07) is 7.36. The highest BCUT2D eigenvalue weighted by Gasteiger charge is 2.49. The van der Waals surface area contributed by atoms with Gasteiger partial charge in [-0.15, -0.1) is 0 Å². The number of rotatable bonds is 4. The highest BCUT2D eigenvalue weighted by atomic mass is 19.1. The van der Waals surface area contributed by atoms with Crippen molar-refractivity contribution in [3.63, 3.8) is 0 Å². The largest absolute Gasteiger partial charge is 0.348 e. The number of H-pyrrole nitrogens is 1. The van der Waals surface area contributed by atoms with Gasteiger partial charge in [-0.05, 0) is 55.2 Å². The van der Waals surface area contributed by atoms with Gasteiger partial charge < -0.3 is 9.88 Å². The van der Waals surface area contributed by atoms with E-state index in [0.717, 1.165) is 50.3 Å². The van der Waals surface area contributed by atoms with Crippen molar-refractivity contribution in [2.75, 3.05) is 13.1 Å². The molecule has 4 atom stereocenters. The summed E-state index contributed by atoms with van der Waals surface area (Å²) < 4.78 is 13.8. The SMILES string of the molecule is O=C1CCC[C@H]2[C@@H]3C[C@@H](CN(Cc4ncc[nH]4)C3)[C@H](Cc3cccc(F)c3)N12. The second kappa shape index (κ2) is 7.32. The highest BCUT2D eigenvalue weighted by molar-refractivity contribution is 5.78. The standard InChI is InChI=1S/C22H27FN4O/c23-18-4-1-3-15(9-18)10-20-17-11-16(19-5-2-6-22(28)27(19)20)12-26(13-17)14-21-24-7-8-25-21/h1,3-4,7-9,16-17,19-20H,2,5-6,10-14H2,(H,24,25)/t16-,17+,19+,20+/m1/s1. The number of nitrogens with zero attached hydrogens (tertiary/aromatic N) is 3. The molecule has 1 amide bonds. The second-order valence-corrected chi connectivity index (χ2v) is 8.65. The van der Waals surface area contributed by atoms with Crippen LogP contribution in [0.3, 0.4) is 0 Å². The van der Waals surface area contributed by atoms with Crippen molar-refractivity contribution in [3.8, 4) is 0 Å². The zero-order chi connectivity index (χ0) is 19.1. The van der Waals surface area contributed by atoms with Crippen molar-refractivity contribution in [3.05, 3.63) is 53.9 Å². The summed E-state index contributed by atoms with van der Waals surface area (Å²) in [5.74, 6) is 2.05. The molecule has 0 radical (unpaired) electrons. The number of carbonyl (C=O) groups excluding carboxylic acids is 1. The van der Waals surface area contributed by atoms with Gasteiger partial charge in [0.2, 0.25) is 5.91 Å². The van der Waals surface area contributed by atoms with Gasteiger partial charge in [0, 0.05) is 44.0 Å². The Morgan fingerprint density at radius 1 is 1.25 bits per heavy atom. The Balaban J connectivity index is 1.42. The van der Waals surface area contributed by atoms with Gasteiger partial charge in [0.05, 0.1) is 6.54 Å². The maximum atomic E-state index is 13.8. The second-order valence-electron chi connectivity index (χ2n) is 8.65. The molecule has 1 aromatic carbocycles. The first-order valence-corrected chi connectivity index (χ1v) is 10.4. The third-order valence-corrected chi connectivity index (χ3v) is 6.83. The molecule has 0 spiro atoms. The molecule has 1 aromatic heterocycles. The number of aromatic nitrogens is 2. The van der Waals surface area contributed by atoms with E-state index in [2.05, 4.69) is 19.8 Å². The maximum Gasteiger partial charge on any atom is 0.223 e. The van der Waals surface area contributed by atoms with Crippen LogP contribution in [0.15, 0.2) is 36.7 Å². The van der Waals surface area contributed by atoms with E-state index in [4.69, 9.17) is 0 Å². The molecule has 3 aliphatic rings. The van der Waals surface area contributed by atoms with E-state index < -0.39 is 0 Å². The van der Waals surface area contributed by atoms with Gasteiger partial charge in [-0.1, -0.05) is 12.1 Å². The first kappa shape index (κ1) is 17.9. The molecule has 6 heteroatoms. The number of carbonyl (C=O) groups is 1. The van der Waals surface area contributed by atoms with Gasteiger partial charge in [-0.25, -0.2) is 9.37 Å². The van der Waals surface area contributed by atoms with E-state index in [1.165, 1.54) is 12.5 Å². The van der Waals surface area contributed by atoms with Crippen molar-refractivity contribution in [1.82, 2.24) is 19.8 Å². The minimum Gasteiger partial charge on any atom is -0.348 e. The lowest BCUT2D eigenvalue weighted by Crippen LogP contribution is -2.65. The Hall–Kier alpha value is -2.21. The molecule has 0 saturated carbocycles. The third kappa shape index (κ3) is 3.34. The predicted octanol–water partition coefficient (Wildman–Crippen LogP) is 2.99. The first-order chi connectivity index (χ1) is 13.7. The van der Waals surface area contributed by atoms with E-state index >= 15 is 0 Å². The number of hydrogen-bond donors (Lipinski definition) is 1. The Morgan fingerprint density at radius 2 is 2.14 bits per heavy atom. The van der Waals surface area contributed by atoms with Gasteiger partial charge in [-0.3, -0.25) is 9.69 Å². The van der Waals surface area contributed by atoms with Gasteiger partial charge in [0.25, 0.3) is 0 Å². The topological polar surface area (TPSA) is 52.2 Å². The molecule has 1 N–H and O–H groups in total. The van der Waals surface area contributed by atoms with Gasteiger partial charge in [0.15, 0.2) is 0 Å². The smallest absolute Gasteiger partial charge is 0.223 e. The van der Waals surface area contributed by atoms with E-state index in [-0.39, 0.29) is 11.9 Å². The van der Waals surface area contributed by atoms with Crippen molar-refractivity contribution in [1.29, 1.82) is 0 Å². The van der Waals surface area contributed by atoms with E-state index in [9.17, 15) is 9.18 Å². The lowest BCUT2D eigenvalue weighted by atomic mass is 9.71. The van der Waals surface area contributed by atoms with Gasteiger partial charge in [-0.2, -0.15) is 0 Å². The minimum absolute atomic E-state index is 0.162. The molecule has 148 valence electrons. The number of amides is 1. The molecule has 2 bridgehead atoms. The molecule has 0 aliphatic carbocycles. The number of nitrogens with one attached hydrogen (secondary N) is 1. The van der Waals surface area contributed by atoms with Crippen LogP contribution in [-0.4, -0.2) is 50.8 Å². The van der Waals surface area contributed by atoms with Crippen LogP contribution in [0.25, 0.3) is 0 Å². The molecule has 3 saturated heterocycles. The molecule has 4 heterocycles. The fourth-order valence-electron chi connectivity index (χ4n) is 5.77. The molecule has 5 rings (SSSR count). The van der Waals surface area contributed by atoms with Crippen LogP contribution in [0.1, 0.15) is 37.1 Å². The Kier molecular flexibility index (Phi) is 4.67. The van der Waals surface area contributed by atoms with Crippen molar-refractivity contribution in [2.24, 2.45) is 11.8 Å². The van der Waals surface area contributed by atoms with Crippen LogP contribution < -0.4 is 0 Å². The zero-order valence-electron chi connectivity index (χ0n) is 16.1. The Labute approximate surface area is 164 Å². The number of halogens is 1. The fourth-order valence-corrected chi connectivity index (χ4v) is 5.77. The van der Waals surface area contributed by atoms with E-state index in [1.807, 2.05) is 12.3 Å². The summed E-state index contributed by atoms with van der Waals surface area (Å²) >= 11 is 0. The molecule has 5 nitrogen and oxygen atoms in total. The molecule has 2 aromatic rings. The quantitative estimate of drug-likeness (QED) is 0.885. The Morgan fingerprint density at radius 3 is 2.96 bits per heavy atom. The summed E-state index contributed by atoms with van der Waals surface area (Å²) in [7, 11) is 0. The number of hydrogen-bond acceptors (Lipinski definition) is 3. The van der Waals surface area contributed by atoms with Gasteiger partial charge in [0.1, 0.15) is 11.6 Å². The average molecular weight is 382 g/mol. The molecular weight excluding hydrogens is 355 g/mol. The molecule has 3 fully saturated rings. The lowest BCUT2D eigenvalue weighted by Gasteiger charge is -2.56. The van der Waals surface area contributed by atoms with Crippen molar-refractivity contribution >= 4 is 5.91 Å². The number of aromatic amines is 1. The van der Waals surface area contributed by atoms with Gasteiger partial charge >= 0.3 is 0 Å². The number of fused-ring (bicyclic) bond motifs is 4. The molecule has 28 heavy (non-hydrogen) atoms. The summed E-state index contributed by atoms with van der Waals surface area (Å²) in [5.41, 5.74) is 0.990. The normalized spacial score (nSPS) is 30.3. The van der Waals surface area contributed by atoms with E-state index in [1.54, 1.807) is 18.3 Å². The van der Waals surface area contributed by atoms with Crippen LogP contribution in [0.5, 0.6) is 0 Å². The van der Waals surface area contributed by atoms with E-state index in [0.29, 0.717) is 30.2 Å². The fraction of sp³-hybridized carbons (Fsp3) is 0.545. The van der Waals surface area contributed by atoms with Crippen molar-refractivity contribution < 1.29 is 9.18 Å². The Bertz CT molecular complexity index is 839. The number of imidazole rings is 1. The maximum absolute atomic E-state index is 13.8. The molecule has 0 unspecified atom stereocenters. The average Bonchev–Trinajstić information content (AvgIpc) is 3.18. The number of likely N-dealkylation sites (tertiary alicyclic amines) is 1. The van der Waals surface area contributed by atoms with Crippen LogP contribution in [0, 0.1) is 17.7 Å². The van der Waals surface area contributed by atoms with Crippen LogP contribution in [-0.2, 0) is 17.8 Å². The minimum atomic E-state index is -0.198. The summed E-state index contributed by atoms with van der Waals surface area (Å²) in [4.78, 5) is 25.2. The third-order valence-electron chi connectivity index (χ3n) is 6.83. The number of benzene rings is 1. The molecule has 3 aliphatic heterocycles. The lowest BCUT2D eigenvalue weighted by molar-refractivity contribution is -0.152. The summed E-state index contributed by atoms with van der Waals surface area (Å²) in [5, 5.41) is 0. The highest BCUT2D eigenvalue weighted by Crippen LogP contribution is 2.42. The number of piperidine rings is 3. The van der Waals surface area contributed by atoms with Crippen LogP contribution in [0.4, 0.5) is 4.39 Å². The monoisotopic (exact) mass is 382 g/mol. The zero-order valence-corrected chi connectivity index (χ0v) is 16.1. The predicted molar refractivity (Wildman–Crippen MR) is 104 cm³/mol. The van der Waals surface area contributed by atoms with Crippen LogP contribution in [0.2, 0.25) is 0 Å². The van der Waals surface area contributed by atoms with Crippen LogP contribution >= 0.6 is 0 Å². The summed E-state index contributed by atoms with van der Waals surface area (Å²) in [6.45, 7) is 2.82. The first-order valence-electron chi connectivity index (χ1n) is 10.4. The summed E-state index contributed by atoms with van der Waals surface area (Å²) in [6.07, 6.45) is 8.33.